The van der Waals surface area contributed by atoms with Crippen molar-refractivity contribution >= 4 is 17.7 Å². The highest BCUT2D eigenvalue weighted by Crippen LogP contribution is 2.52. The molecule has 4 rings (SSSR count). The molecule has 2 aromatic rings. The minimum Gasteiger partial charge on any atom is -0.493 e. The number of rotatable bonds is 5. The van der Waals surface area contributed by atoms with E-state index in [1.807, 2.05) is 0 Å². The maximum absolute atomic E-state index is 13.1. The summed E-state index contributed by atoms with van der Waals surface area (Å²) in [6, 6.07) is 8.99. The van der Waals surface area contributed by atoms with E-state index in [1.54, 1.807) is 24.3 Å². The van der Waals surface area contributed by atoms with E-state index in [0.29, 0.717) is 33.4 Å². The minimum absolute atomic E-state index is 0.00854. The van der Waals surface area contributed by atoms with Crippen LogP contribution in [-0.2, 0) is 10.5 Å². The van der Waals surface area contributed by atoms with E-state index < -0.39 is 11.6 Å². The van der Waals surface area contributed by atoms with E-state index >= 15 is 0 Å². The number of ether oxygens (including phenoxy) is 3. The molecule has 1 fully saturated rings. The highest BCUT2D eigenvalue weighted by Gasteiger charge is 2.53. The summed E-state index contributed by atoms with van der Waals surface area (Å²) in [4.78, 5) is 14.4. The van der Waals surface area contributed by atoms with Gasteiger partial charge in [0.2, 0.25) is 17.4 Å². The third-order valence-corrected chi connectivity index (χ3v) is 6.54. The highest BCUT2D eigenvalue weighted by molar-refractivity contribution is 8.03. The zero-order valence-electron chi connectivity index (χ0n) is 16.7. The van der Waals surface area contributed by atoms with Gasteiger partial charge in [-0.2, -0.15) is 5.26 Å². The highest BCUT2D eigenvalue weighted by atomic mass is 32.2. The van der Waals surface area contributed by atoms with Crippen molar-refractivity contribution in [3.05, 3.63) is 52.5 Å². The standard InChI is InChI=1S/C21H20N2O6S/c1-26-15-7-12(8-16(27-2)19(15)28-3)13-9-18(24)23-20(14(13)10-22)30-11-21(23,25)17-5-4-6-29-17/h4-8,13,25H,9,11H2,1-3H3/t13-,21+/m1/s1. The maximum Gasteiger partial charge on any atom is 0.231 e. The topological polar surface area (TPSA) is 105 Å². The van der Waals surface area contributed by atoms with Crippen LogP contribution in [0.25, 0.3) is 0 Å². The molecule has 1 N–H and O–H groups in total. The number of amides is 1. The Balaban J connectivity index is 1.83. The lowest BCUT2D eigenvalue weighted by Gasteiger charge is -2.36. The molecule has 0 aliphatic carbocycles. The molecule has 9 heteroatoms. The number of furan rings is 1. The summed E-state index contributed by atoms with van der Waals surface area (Å²) in [5, 5.41) is 21.6. The van der Waals surface area contributed by atoms with Gasteiger partial charge in [-0.3, -0.25) is 9.69 Å². The van der Waals surface area contributed by atoms with Gasteiger partial charge in [-0.25, -0.2) is 0 Å². The lowest BCUT2D eigenvalue weighted by Crippen LogP contribution is -2.48. The first-order valence-electron chi connectivity index (χ1n) is 9.14. The van der Waals surface area contributed by atoms with Crippen molar-refractivity contribution in [1.82, 2.24) is 4.90 Å². The number of methoxy groups -OCH3 is 3. The Morgan fingerprint density at radius 1 is 1.27 bits per heavy atom. The zero-order valence-corrected chi connectivity index (χ0v) is 17.5. The van der Waals surface area contributed by atoms with E-state index in [4.69, 9.17) is 18.6 Å². The molecule has 8 nitrogen and oxygen atoms in total. The summed E-state index contributed by atoms with van der Waals surface area (Å²) in [6.45, 7) is 0. The fourth-order valence-corrected chi connectivity index (χ4v) is 5.24. The second kappa shape index (κ2) is 7.63. The average Bonchev–Trinajstić information content (AvgIpc) is 3.42. The number of carbonyl (C=O) groups is 1. The molecule has 0 spiro atoms. The normalized spacial score (nSPS) is 23.2. The van der Waals surface area contributed by atoms with Crippen molar-refractivity contribution in [2.24, 2.45) is 0 Å². The summed E-state index contributed by atoms with van der Waals surface area (Å²) in [7, 11) is 4.53. The summed E-state index contributed by atoms with van der Waals surface area (Å²) >= 11 is 1.26. The molecule has 2 atom stereocenters. The Bertz CT molecular complexity index is 1030. The van der Waals surface area contributed by atoms with Crippen LogP contribution in [0, 0.1) is 11.3 Å². The third kappa shape index (κ3) is 2.91. The van der Waals surface area contributed by atoms with Crippen molar-refractivity contribution in [3.63, 3.8) is 0 Å². The predicted octanol–water partition coefficient (Wildman–Crippen LogP) is 2.95. The first-order chi connectivity index (χ1) is 14.5. The molecule has 3 heterocycles. The lowest BCUT2D eigenvalue weighted by molar-refractivity contribution is -0.152. The maximum atomic E-state index is 13.1. The van der Waals surface area contributed by atoms with Crippen molar-refractivity contribution < 1.29 is 28.5 Å². The number of hydrogen-bond donors (Lipinski definition) is 1. The van der Waals surface area contributed by atoms with Crippen LogP contribution in [0.5, 0.6) is 17.2 Å². The Morgan fingerprint density at radius 3 is 2.50 bits per heavy atom. The van der Waals surface area contributed by atoms with Crippen molar-refractivity contribution in [3.8, 4) is 23.3 Å². The summed E-state index contributed by atoms with van der Waals surface area (Å²) in [6.07, 6.45) is 1.45. The molecular formula is C21H20N2O6S. The van der Waals surface area contributed by atoms with Gasteiger partial charge in [0.15, 0.2) is 17.3 Å². The largest absolute Gasteiger partial charge is 0.493 e. The number of nitrogens with zero attached hydrogens (tertiary/aromatic N) is 2. The Morgan fingerprint density at radius 2 is 1.97 bits per heavy atom. The SMILES string of the molecule is COc1cc([C@H]2CC(=O)N3C(=C2C#N)SC[C@]3(O)c2ccco2)cc(OC)c1OC. The van der Waals surface area contributed by atoms with E-state index in [-0.39, 0.29) is 23.8 Å². The molecule has 156 valence electrons. The van der Waals surface area contributed by atoms with Gasteiger partial charge in [-0.1, -0.05) is 0 Å². The van der Waals surface area contributed by atoms with Gasteiger partial charge in [0.1, 0.15) is 0 Å². The van der Waals surface area contributed by atoms with Gasteiger partial charge in [0, 0.05) is 12.3 Å². The molecule has 0 radical (unpaired) electrons. The van der Waals surface area contributed by atoms with Crippen LogP contribution in [0.15, 0.2) is 45.5 Å². The smallest absolute Gasteiger partial charge is 0.231 e. The number of allylic oxidation sites excluding steroid dienone is 1. The first-order valence-corrected chi connectivity index (χ1v) is 10.1. The summed E-state index contributed by atoms with van der Waals surface area (Å²) in [5.41, 5.74) is -0.532. The number of thioether (sulfide) groups is 1. The fourth-order valence-electron chi connectivity index (χ4n) is 3.90. The molecule has 0 saturated carbocycles. The summed E-state index contributed by atoms with van der Waals surface area (Å²) < 4.78 is 21.6. The Kier molecular flexibility index (Phi) is 5.13. The second-order valence-electron chi connectivity index (χ2n) is 6.86. The first kappa shape index (κ1) is 20.2. The van der Waals surface area contributed by atoms with Crippen LogP contribution in [-0.4, -0.2) is 43.0 Å². The molecule has 1 saturated heterocycles. The molecule has 1 aromatic heterocycles. The van der Waals surface area contributed by atoms with Crippen LogP contribution in [0.1, 0.15) is 23.7 Å². The lowest BCUT2D eigenvalue weighted by atomic mass is 9.85. The van der Waals surface area contributed by atoms with E-state index in [9.17, 15) is 15.2 Å². The van der Waals surface area contributed by atoms with Gasteiger partial charge in [0.25, 0.3) is 0 Å². The molecule has 2 aliphatic rings. The van der Waals surface area contributed by atoms with Crippen LogP contribution >= 0.6 is 11.8 Å². The molecule has 1 amide bonds. The number of hydrogen-bond acceptors (Lipinski definition) is 8. The van der Waals surface area contributed by atoms with Crippen molar-refractivity contribution in [2.75, 3.05) is 27.1 Å². The molecular weight excluding hydrogens is 408 g/mol. The van der Waals surface area contributed by atoms with E-state index in [1.165, 1.54) is 44.3 Å². The minimum atomic E-state index is -1.62. The second-order valence-corrected chi connectivity index (χ2v) is 7.82. The number of nitriles is 1. The van der Waals surface area contributed by atoms with E-state index in [0.717, 1.165) is 0 Å². The van der Waals surface area contributed by atoms with Gasteiger partial charge in [-0.15, -0.1) is 11.8 Å². The van der Waals surface area contributed by atoms with Crippen LogP contribution in [0.4, 0.5) is 0 Å². The van der Waals surface area contributed by atoms with Gasteiger partial charge < -0.3 is 23.7 Å². The fraction of sp³-hybridized carbons (Fsp3) is 0.333. The third-order valence-electron chi connectivity index (χ3n) is 5.32. The molecule has 30 heavy (non-hydrogen) atoms. The number of fused-ring (bicyclic) bond motifs is 1. The Labute approximate surface area is 177 Å². The zero-order chi connectivity index (χ0) is 21.5. The van der Waals surface area contributed by atoms with Crippen LogP contribution < -0.4 is 14.2 Å². The van der Waals surface area contributed by atoms with Gasteiger partial charge >= 0.3 is 0 Å². The molecule has 2 aliphatic heterocycles. The number of aliphatic hydroxyl groups is 1. The van der Waals surface area contributed by atoms with Crippen molar-refractivity contribution in [1.29, 1.82) is 5.26 Å². The predicted molar refractivity (Wildman–Crippen MR) is 108 cm³/mol. The molecule has 1 aromatic carbocycles. The molecule has 0 unspecified atom stereocenters. The van der Waals surface area contributed by atoms with Crippen molar-refractivity contribution in [2.45, 2.75) is 18.1 Å². The van der Waals surface area contributed by atoms with Gasteiger partial charge in [-0.05, 0) is 29.8 Å². The molecule has 0 bridgehead atoms. The number of benzene rings is 1. The van der Waals surface area contributed by atoms with Crippen LogP contribution in [0.2, 0.25) is 0 Å². The monoisotopic (exact) mass is 428 g/mol. The number of carbonyl (C=O) groups excluding carboxylic acids is 1. The van der Waals surface area contributed by atoms with E-state index in [2.05, 4.69) is 6.07 Å². The Hall–Kier alpha value is -3.09. The summed E-state index contributed by atoms with van der Waals surface area (Å²) in [5.74, 6) is 0.947. The van der Waals surface area contributed by atoms with Gasteiger partial charge in [0.05, 0.1) is 50.0 Å². The average molecular weight is 428 g/mol. The van der Waals surface area contributed by atoms with Crippen LogP contribution in [0.3, 0.4) is 0 Å². The quantitative estimate of drug-likeness (QED) is 0.775.